The number of ether oxygens (including phenoxy) is 1. The van der Waals surface area contributed by atoms with Gasteiger partial charge in [0.2, 0.25) is 5.78 Å². The number of carbonyl (C=O) groups is 5. The topological polar surface area (TPSA) is 155 Å². The molecule has 0 unspecified atom stereocenters. The SMILES string of the molecule is CC(=O)O[C@@H]1C(=O)C2=C(C(=O)C[C@H]3C(C)(C)[C@@H](O)CC[C@]23C)[C@]2(C)C(=O)C[C@H]([C@H](C)C[C@H](O)C=C(C)C(=O)O)[C@@]12C. The summed E-state index contributed by atoms with van der Waals surface area (Å²) < 4.78 is 5.81. The minimum atomic E-state index is -1.42. The highest BCUT2D eigenvalue weighted by molar-refractivity contribution is 6.18. The maximum Gasteiger partial charge on any atom is 0.331 e. The number of allylic oxidation sites excluding steroid dienone is 1. The van der Waals surface area contributed by atoms with Gasteiger partial charge in [0.15, 0.2) is 11.9 Å². The number of hydrogen-bond donors (Lipinski definition) is 3. The Balaban J connectivity index is 1.90. The van der Waals surface area contributed by atoms with Crippen LogP contribution in [0.2, 0.25) is 0 Å². The van der Waals surface area contributed by atoms with Crippen molar-refractivity contribution in [2.75, 3.05) is 0 Å². The van der Waals surface area contributed by atoms with Crippen LogP contribution in [0.15, 0.2) is 22.8 Å². The lowest BCUT2D eigenvalue weighted by atomic mass is 9.42. The molecule has 0 aromatic rings. The molecule has 4 aliphatic rings. The number of aliphatic carboxylic acids is 1. The molecule has 0 saturated heterocycles. The van der Waals surface area contributed by atoms with Crippen molar-refractivity contribution in [1.82, 2.24) is 0 Å². The van der Waals surface area contributed by atoms with Crippen molar-refractivity contribution in [3.8, 4) is 0 Å². The molecule has 0 aromatic heterocycles. The quantitative estimate of drug-likeness (QED) is 0.320. The third-order valence-electron chi connectivity index (χ3n) is 11.7. The first-order valence-corrected chi connectivity index (χ1v) is 14.6. The van der Waals surface area contributed by atoms with E-state index >= 15 is 0 Å². The second-order valence-corrected chi connectivity index (χ2v) is 14.2. The number of carboxylic acids is 1. The van der Waals surface area contributed by atoms with E-state index in [9.17, 15) is 39.3 Å². The molecule has 0 amide bonds. The van der Waals surface area contributed by atoms with Crippen LogP contribution in [0.4, 0.5) is 0 Å². The number of ketones is 3. The summed E-state index contributed by atoms with van der Waals surface area (Å²) in [5, 5.41) is 30.7. The van der Waals surface area contributed by atoms with Crippen LogP contribution in [0.1, 0.15) is 87.5 Å². The van der Waals surface area contributed by atoms with E-state index in [0.717, 1.165) is 0 Å². The van der Waals surface area contributed by atoms with Crippen molar-refractivity contribution in [2.24, 2.45) is 39.4 Å². The van der Waals surface area contributed by atoms with Crippen LogP contribution < -0.4 is 0 Å². The molecule has 0 spiro atoms. The molecule has 4 rings (SSSR count). The van der Waals surface area contributed by atoms with Crippen molar-refractivity contribution >= 4 is 29.3 Å². The predicted octanol–water partition coefficient (Wildman–Crippen LogP) is 3.59. The number of rotatable bonds is 6. The molecule has 3 N–H and O–H groups in total. The molecule has 9 atom stereocenters. The van der Waals surface area contributed by atoms with E-state index in [1.807, 2.05) is 27.7 Å². The summed E-state index contributed by atoms with van der Waals surface area (Å²) >= 11 is 0. The summed E-state index contributed by atoms with van der Waals surface area (Å²) in [5.74, 6) is -4.06. The Kier molecular flexibility index (Phi) is 7.61. The van der Waals surface area contributed by atoms with E-state index in [1.165, 1.54) is 19.9 Å². The second kappa shape index (κ2) is 9.97. The molecular weight excluding hydrogens is 528 g/mol. The van der Waals surface area contributed by atoms with E-state index in [4.69, 9.17) is 4.74 Å². The Morgan fingerprint density at radius 1 is 1.05 bits per heavy atom. The molecular formula is C32H44O9. The molecule has 9 nitrogen and oxygen atoms in total. The first-order chi connectivity index (χ1) is 18.8. The number of esters is 1. The van der Waals surface area contributed by atoms with Gasteiger partial charge in [-0.1, -0.05) is 34.6 Å². The van der Waals surface area contributed by atoms with Crippen LogP contribution in [-0.2, 0) is 28.7 Å². The van der Waals surface area contributed by atoms with Crippen molar-refractivity contribution in [3.63, 3.8) is 0 Å². The molecule has 226 valence electrons. The van der Waals surface area contributed by atoms with E-state index in [-0.39, 0.29) is 53.5 Å². The Hall–Kier alpha value is -2.65. The fourth-order valence-electron chi connectivity index (χ4n) is 9.13. The van der Waals surface area contributed by atoms with Crippen LogP contribution in [-0.4, -0.2) is 62.9 Å². The van der Waals surface area contributed by atoms with Crippen LogP contribution >= 0.6 is 0 Å². The summed E-state index contributed by atoms with van der Waals surface area (Å²) in [6, 6.07) is 0. The summed E-state index contributed by atoms with van der Waals surface area (Å²) in [6.07, 6.45) is -0.727. The van der Waals surface area contributed by atoms with Gasteiger partial charge in [-0.2, -0.15) is 0 Å². The van der Waals surface area contributed by atoms with Crippen molar-refractivity contribution in [2.45, 2.75) is 106 Å². The van der Waals surface area contributed by atoms with Gasteiger partial charge < -0.3 is 20.1 Å². The molecule has 41 heavy (non-hydrogen) atoms. The Morgan fingerprint density at radius 3 is 2.22 bits per heavy atom. The van der Waals surface area contributed by atoms with E-state index in [0.29, 0.717) is 12.8 Å². The average Bonchev–Trinajstić information content (AvgIpc) is 3.07. The van der Waals surface area contributed by atoms with Gasteiger partial charge in [0.1, 0.15) is 5.78 Å². The first kappa shape index (κ1) is 31.3. The lowest BCUT2D eigenvalue weighted by Crippen LogP contribution is -2.65. The Bertz CT molecular complexity index is 1270. The number of carbonyl (C=O) groups excluding carboxylic acids is 4. The molecule has 2 fully saturated rings. The van der Waals surface area contributed by atoms with Gasteiger partial charge >= 0.3 is 11.9 Å². The summed E-state index contributed by atoms with van der Waals surface area (Å²) in [6.45, 7) is 13.6. The minimum absolute atomic E-state index is 0.0141. The summed E-state index contributed by atoms with van der Waals surface area (Å²) in [4.78, 5) is 66.6. The van der Waals surface area contributed by atoms with Gasteiger partial charge in [0.05, 0.1) is 17.6 Å². The molecule has 2 saturated carbocycles. The molecule has 0 aromatic carbocycles. The van der Waals surface area contributed by atoms with Gasteiger partial charge in [-0.25, -0.2) is 4.79 Å². The Labute approximate surface area is 241 Å². The van der Waals surface area contributed by atoms with Gasteiger partial charge in [-0.3, -0.25) is 19.2 Å². The average molecular weight is 573 g/mol. The first-order valence-electron chi connectivity index (χ1n) is 14.6. The molecule has 0 heterocycles. The van der Waals surface area contributed by atoms with Crippen molar-refractivity contribution in [1.29, 1.82) is 0 Å². The zero-order chi connectivity index (χ0) is 31.0. The standard InChI is InChI=1S/C32H44O9/c1-15(11-18(34)12-16(2)28(39)40)19-13-23(37)32(8)24-20(35)14-21-29(4,5)22(36)9-10-30(21,6)25(24)26(38)27(31(19,32)7)41-17(3)33/h12,15,18-19,21-22,27,34,36H,9-11,13-14H2,1-8H3,(H,39,40)/t15-,18+,19-,21+,22+,27-,30+,31+,32+/m1/s1. The summed E-state index contributed by atoms with van der Waals surface area (Å²) in [7, 11) is 0. The number of aliphatic hydroxyl groups is 2. The van der Waals surface area contributed by atoms with Crippen molar-refractivity contribution in [3.05, 3.63) is 22.8 Å². The van der Waals surface area contributed by atoms with E-state index < -0.39 is 69.5 Å². The third-order valence-corrected chi connectivity index (χ3v) is 11.7. The third kappa shape index (κ3) is 4.29. The minimum Gasteiger partial charge on any atom is -0.478 e. The monoisotopic (exact) mass is 572 g/mol. The van der Waals surface area contributed by atoms with Gasteiger partial charge in [-0.05, 0) is 62.4 Å². The normalized spacial score (nSPS) is 40.0. The lowest BCUT2D eigenvalue weighted by molar-refractivity contribution is -0.176. The number of aliphatic hydroxyl groups excluding tert-OH is 2. The fourth-order valence-corrected chi connectivity index (χ4v) is 9.13. The highest BCUT2D eigenvalue weighted by atomic mass is 16.5. The van der Waals surface area contributed by atoms with Gasteiger partial charge in [0.25, 0.3) is 0 Å². The molecule has 0 radical (unpaired) electrons. The fraction of sp³-hybridized carbons (Fsp3) is 0.719. The van der Waals surface area contributed by atoms with Gasteiger partial charge in [-0.15, -0.1) is 0 Å². The van der Waals surface area contributed by atoms with E-state index in [1.54, 1.807) is 13.8 Å². The number of fused-ring (bicyclic) bond motifs is 4. The largest absolute Gasteiger partial charge is 0.478 e. The zero-order valence-electron chi connectivity index (χ0n) is 25.4. The highest BCUT2D eigenvalue weighted by Gasteiger charge is 2.74. The molecule has 4 aliphatic carbocycles. The van der Waals surface area contributed by atoms with Crippen LogP contribution in [0.25, 0.3) is 0 Å². The van der Waals surface area contributed by atoms with Crippen LogP contribution in [0.5, 0.6) is 0 Å². The number of hydrogen-bond acceptors (Lipinski definition) is 8. The maximum atomic E-state index is 14.6. The molecule has 9 heteroatoms. The summed E-state index contributed by atoms with van der Waals surface area (Å²) in [5.41, 5.74) is -3.68. The van der Waals surface area contributed by atoms with Crippen LogP contribution in [0, 0.1) is 39.4 Å². The molecule has 0 aliphatic heterocycles. The predicted molar refractivity (Wildman–Crippen MR) is 148 cm³/mol. The number of Topliss-reactive ketones (excluding diaryl/α,β-unsaturated/α-hetero) is 3. The lowest BCUT2D eigenvalue weighted by Gasteiger charge is -2.61. The zero-order valence-corrected chi connectivity index (χ0v) is 25.4. The maximum absolute atomic E-state index is 14.6. The highest BCUT2D eigenvalue weighted by Crippen LogP contribution is 2.70. The van der Waals surface area contributed by atoms with Crippen molar-refractivity contribution < 1.29 is 44.0 Å². The second-order valence-electron chi connectivity index (χ2n) is 14.2. The number of carboxylic acid groups (broad SMARTS) is 1. The smallest absolute Gasteiger partial charge is 0.331 e. The van der Waals surface area contributed by atoms with E-state index in [2.05, 4.69) is 0 Å². The van der Waals surface area contributed by atoms with Crippen LogP contribution in [0.3, 0.4) is 0 Å². The Morgan fingerprint density at radius 2 is 1.66 bits per heavy atom. The molecule has 0 bridgehead atoms. The van der Waals surface area contributed by atoms with Gasteiger partial charge in [0, 0.05) is 47.3 Å².